The van der Waals surface area contributed by atoms with Gasteiger partial charge < -0.3 is 4.90 Å². The van der Waals surface area contributed by atoms with Gasteiger partial charge in [0.1, 0.15) is 0 Å². The van der Waals surface area contributed by atoms with Gasteiger partial charge in [0.15, 0.2) is 0 Å². The first kappa shape index (κ1) is 12.1. The van der Waals surface area contributed by atoms with Crippen molar-refractivity contribution in [3.63, 3.8) is 0 Å². The van der Waals surface area contributed by atoms with Gasteiger partial charge in [-0.1, -0.05) is 6.07 Å². The van der Waals surface area contributed by atoms with Crippen LogP contribution in [0.4, 0.5) is 0 Å². The topological polar surface area (TPSA) is 80.5 Å². The number of nitrogens with two attached hydrogens (primary N) is 1. The monoisotopic (exact) mass is 254 g/mol. The van der Waals surface area contributed by atoms with Crippen LogP contribution in [0.5, 0.6) is 0 Å². The highest BCUT2D eigenvalue weighted by Crippen LogP contribution is 2.26. The van der Waals surface area contributed by atoms with Gasteiger partial charge in [0, 0.05) is 18.7 Å². The van der Waals surface area contributed by atoms with E-state index in [9.17, 15) is 13.2 Å². The molecule has 1 fully saturated rings. The summed E-state index contributed by atoms with van der Waals surface area (Å²) in [6.07, 6.45) is 2.02. The molecule has 0 aromatic heterocycles. The van der Waals surface area contributed by atoms with Crippen molar-refractivity contribution in [3.05, 3.63) is 29.8 Å². The predicted octanol–water partition coefficient (Wildman–Crippen LogP) is 0.568. The largest absolute Gasteiger partial charge is 0.339 e. The first-order valence-corrected chi connectivity index (χ1v) is 6.84. The molecule has 0 bridgehead atoms. The van der Waals surface area contributed by atoms with Crippen LogP contribution in [0, 0.1) is 0 Å². The van der Waals surface area contributed by atoms with Crippen molar-refractivity contribution in [1.82, 2.24) is 4.90 Å². The van der Waals surface area contributed by atoms with Crippen LogP contribution >= 0.6 is 0 Å². The lowest BCUT2D eigenvalue weighted by molar-refractivity contribution is 0.0785. The SMILES string of the molecule is CN(C(=O)c1cccc(S(N)(=O)=O)c1)C1CC1. The van der Waals surface area contributed by atoms with Gasteiger partial charge >= 0.3 is 0 Å². The number of benzene rings is 1. The van der Waals surface area contributed by atoms with Crippen molar-refractivity contribution in [3.8, 4) is 0 Å². The third-order valence-corrected chi connectivity index (χ3v) is 3.74. The van der Waals surface area contributed by atoms with Gasteiger partial charge in [0.2, 0.25) is 10.0 Å². The summed E-state index contributed by atoms with van der Waals surface area (Å²) in [6.45, 7) is 0. The van der Waals surface area contributed by atoms with Crippen LogP contribution in [0.3, 0.4) is 0 Å². The second-order valence-corrected chi connectivity index (χ2v) is 5.78. The van der Waals surface area contributed by atoms with Crippen LogP contribution < -0.4 is 5.14 Å². The second kappa shape index (κ2) is 4.12. The Morgan fingerprint density at radius 2 is 2.06 bits per heavy atom. The maximum Gasteiger partial charge on any atom is 0.253 e. The predicted molar refractivity (Wildman–Crippen MR) is 62.9 cm³/mol. The average molecular weight is 254 g/mol. The summed E-state index contributed by atoms with van der Waals surface area (Å²) in [5.41, 5.74) is 0.353. The number of hydrogen-bond donors (Lipinski definition) is 1. The average Bonchev–Trinajstić information content (AvgIpc) is 3.10. The van der Waals surface area contributed by atoms with E-state index in [0.29, 0.717) is 11.6 Å². The molecule has 2 N–H and O–H groups in total. The molecule has 6 heteroatoms. The highest BCUT2D eigenvalue weighted by molar-refractivity contribution is 7.89. The summed E-state index contributed by atoms with van der Waals surface area (Å²) in [4.78, 5) is 13.6. The van der Waals surface area contributed by atoms with Crippen molar-refractivity contribution in [2.75, 3.05) is 7.05 Å². The number of carbonyl (C=O) groups is 1. The van der Waals surface area contributed by atoms with Crippen LogP contribution in [-0.4, -0.2) is 32.3 Å². The van der Waals surface area contributed by atoms with E-state index in [4.69, 9.17) is 5.14 Å². The Morgan fingerprint density at radius 3 is 2.59 bits per heavy atom. The minimum Gasteiger partial charge on any atom is -0.339 e. The van der Waals surface area contributed by atoms with Crippen molar-refractivity contribution in [1.29, 1.82) is 0 Å². The smallest absolute Gasteiger partial charge is 0.253 e. The molecule has 0 saturated heterocycles. The summed E-state index contributed by atoms with van der Waals surface area (Å²) in [7, 11) is -2.03. The Morgan fingerprint density at radius 1 is 1.41 bits per heavy atom. The van der Waals surface area contributed by atoms with Gasteiger partial charge in [-0.05, 0) is 31.0 Å². The second-order valence-electron chi connectivity index (χ2n) is 4.22. The molecule has 0 heterocycles. The van der Waals surface area contributed by atoms with E-state index in [0.717, 1.165) is 12.8 Å². The van der Waals surface area contributed by atoms with Crippen LogP contribution in [0.25, 0.3) is 0 Å². The lowest BCUT2D eigenvalue weighted by Gasteiger charge is -2.16. The number of primary sulfonamides is 1. The molecule has 1 aliphatic rings. The molecule has 17 heavy (non-hydrogen) atoms. The van der Waals surface area contributed by atoms with Gasteiger partial charge in [-0.2, -0.15) is 0 Å². The molecule has 0 spiro atoms. The Labute approximate surface area is 100 Å². The molecule has 2 rings (SSSR count). The third kappa shape index (κ3) is 2.65. The fraction of sp³-hybridized carbons (Fsp3) is 0.364. The summed E-state index contributed by atoms with van der Waals surface area (Å²) < 4.78 is 22.4. The molecule has 1 saturated carbocycles. The minimum atomic E-state index is -3.76. The Bertz CT molecular complexity index is 550. The first-order valence-electron chi connectivity index (χ1n) is 5.29. The van der Waals surface area contributed by atoms with Crippen LogP contribution in [0.2, 0.25) is 0 Å². The van der Waals surface area contributed by atoms with E-state index in [1.807, 2.05) is 0 Å². The lowest BCUT2D eigenvalue weighted by Crippen LogP contribution is -2.28. The van der Waals surface area contributed by atoms with Crippen molar-refractivity contribution >= 4 is 15.9 Å². The van der Waals surface area contributed by atoms with Gasteiger partial charge in [0.25, 0.3) is 5.91 Å². The fourth-order valence-corrected chi connectivity index (χ4v) is 2.20. The molecule has 0 aliphatic heterocycles. The molecule has 1 aliphatic carbocycles. The maximum absolute atomic E-state index is 12.0. The number of carbonyl (C=O) groups excluding carboxylic acids is 1. The molecule has 5 nitrogen and oxygen atoms in total. The zero-order chi connectivity index (χ0) is 12.6. The molecule has 0 atom stereocenters. The Kier molecular flexibility index (Phi) is 2.92. The summed E-state index contributed by atoms with van der Waals surface area (Å²) in [6, 6.07) is 6.10. The van der Waals surface area contributed by atoms with E-state index < -0.39 is 10.0 Å². The quantitative estimate of drug-likeness (QED) is 0.856. The summed E-state index contributed by atoms with van der Waals surface area (Å²) in [5.74, 6) is -0.169. The van der Waals surface area contributed by atoms with E-state index in [-0.39, 0.29) is 10.8 Å². The van der Waals surface area contributed by atoms with E-state index >= 15 is 0 Å². The van der Waals surface area contributed by atoms with Crippen LogP contribution in [0.15, 0.2) is 29.2 Å². The number of sulfonamides is 1. The Balaban J connectivity index is 2.30. The van der Waals surface area contributed by atoms with Crippen molar-refractivity contribution in [2.45, 2.75) is 23.8 Å². The lowest BCUT2D eigenvalue weighted by atomic mass is 10.2. The van der Waals surface area contributed by atoms with E-state index in [1.54, 1.807) is 18.0 Å². The molecule has 0 unspecified atom stereocenters. The minimum absolute atomic E-state index is 0.0347. The standard InChI is InChI=1S/C11H14N2O3S/c1-13(9-5-6-9)11(14)8-3-2-4-10(7-8)17(12,15)16/h2-4,7,9H,5-6H2,1H3,(H2,12,15,16). The molecular weight excluding hydrogens is 240 g/mol. The normalized spacial score (nSPS) is 15.6. The molecule has 1 aromatic carbocycles. The molecule has 1 aromatic rings. The molecule has 1 amide bonds. The number of rotatable bonds is 3. The number of nitrogens with zero attached hydrogens (tertiary/aromatic N) is 1. The highest BCUT2D eigenvalue weighted by atomic mass is 32.2. The van der Waals surface area contributed by atoms with E-state index in [1.165, 1.54) is 18.2 Å². The zero-order valence-electron chi connectivity index (χ0n) is 9.46. The number of amides is 1. The zero-order valence-corrected chi connectivity index (χ0v) is 10.3. The molecule has 0 radical (unpaired) electrons. The van der Waals surface area contributed by atoms with Crippen LogP contribution in [0.1, 0.15) is 23.2 Å². The van der Waals surface area contributed by atoms with E-state index in [2.05, 4.69) is 0 Å². The van der Waals surface area contributed by atoms with Gasteiger partial charge in [-0.15, -0.1) is 0 Å². The Hall–Kier alpha value is -1.40. The third-order valence-electron chi connectivity index (χ3n) is 2.82. The van der Waals surface area contributed by atoms with Crippen molar-refractivity contribution in [2.24, 2.45) is 5.14 Å². The molecule has 92 valence electrons. The number of hydrogen-bond acceptors (Lipinski definition) is 3. The van der Waals surface area contributed by atoms with Gasteiger partial charge in [-0.3, -0.25) is 4.79 Å². The molecular formula is C11H14N2O3S. The van der Waals surface area contributed by atoms with Crippen LogP contribution in [-0.2, 0) is 10.0 Å². The first-order chi connectivity index (χ1) is 7.89. The summed E-state index contributed by atoms with van der Waals surface area (Å²) >= 11 is 0. The fourth-order valence-electron chi connectivity index (χ4n) is 1.64. The maximum atomic E-state index is 12.0. The highest BCUT2D eigenvalue weighted by Gasteiger charge is 2.30. The van der Waals surface area contributed by atoms with Gasteiger partial charge in [0.05, 0.1) is 4.90 Å². The summed E-state index contributed by atoms with van der Waals surface area (Å²) in [5, 5.41) is 5.02. The van der Waals surface area contributed by atoms with Gasteiger partial charge in [-0.25, -0.2) is 13.6 Å². The van der Waals surface area contributed by atoms with Crippen molar-refractivity contribution < 1.29 is 13.2 Å².